The zero-order chi connectivity index (χ0) is 20.9. The van der Waals surface area contributed by atoms with Crippen molar-refractivity contribution in [3.63, 3.8) is 0 Å². The molecular weight excluding hydrogens is 396 g/mol. The van der Waals surface area contributed by atoms with Gasteiger partial charge in [-0.1, -0.05) is 24.3 Å². The molecule has 4 aromatic rings. The number of para-hydroxylation sites is 1. The van der Waals surface area contributed by atoms with Gasteiger partial charge in [0, 0.05) is 40.5 Å². The van der Waals surface area contributed by atoms with E-state index in [2.05, 4.69) is 22.4 Å². The van der Waals surface area contributed by atoms with Gasteiger partial charge in [0.05, 0.1) is 13.7 Å². The van der Waals surface area contributed by atoms with E-state index in [0.717, 1.165) is 22.0 Å². The zero-order valence-electron chi connectivity index (χ0n) is 17.0. The first-order valence-electron chi connectivity index (χ1n) is 9.88. The lowest BCUT2D eigenvalue weighted by Gasteiger charge is -2.20. The number of H-pyrrole nitrogens is 1. The van der Waals surface area contributed by atoms with Crippen molar-refractivity contribution in [1.29, 1.82) is 0 Å². The van der Waals surface area contributed by atoms with Crippen LogP contribution in [0.5, 0.6) is 11.5 Å². The van der Waals surface area contributed by atoms with Gasteiger partial charge in [0.1, 0.15) is 0 Å². The van der Waals surface area contributed by atoms with Crippen molar-refractivity contribution >= 4 is 28.1 Å². The molecule has 4 rings (SSSR count). The van der Waals surface area contributed by atoms with E-state index >= 15 is 0 Å². The minimum Gasteiger partial charge on any atom is -0.493 e. The van der Waals surface area contributed by atoms with Gasteiger partial charge >= 0.3 is 0 Å². The Kier molecular flexibility index (Phi) is 6.05. The molecule has 0 saturated carbocycles. The maximum Gasteiger partial charge on any atom is 0.252 e. The number of carbonyl (C=O) groups excluding carboxylic acids is 1. The fraction of sp³-hybridized carbons (Fsp3) is 0.208. The van der Waals surface area contributed by atoms with Crippen LogP contribution in [0.2, 0.25) is 0 Å². The van der Waals surface area contributed by atoms with Gasteiger partial charge in [0.2, 0.25) is 0 Å². The molecule has 0 spiro atoms. The summed E-state index contributed by atoms with van der Waals surface area (Å²) in [5.41, 5.74) is 3.93. The maximum atomic E-state index is 12.6. The van der Waals surface area contributed by atoms with E-state index < -0.39 is 0 Å². The molecule has 30 heavy (non-hydrogen) atoms. The summed E-state index contributed by atoms with van der Waals surface area (Å²) in [5.74, 6) is 1.28. The highest BCUT2D eigenvalue weighted by atomic mass is 32.1. The Balaban J connectivity index is 1.71. The monoisotopic (exact) mass is 420 g/mol. The molecule has 2 aromatic heterocycles. The van der Waals surface area contributed by atoms with Gasteiger partial charge in [-0.3, -0.25) is 4.79 Å². The molecular formula is C24H24N2O3S. The van der Waals surface area contributed by atoms with Crippen LogP contribution in [0.25, 0.3) is 10.9 Å². The number of benzene rings is 2. The largest absolute Gasteiger partial charge is 0.493 e. The van der Waals surface area contributed by atoms with E-state index in [0.29, 0.717) is 30.2 Å². The summed E-state index contributed by atoms with van der Waals surface area (Å²) in [4.78, 5) is 15.9. The number of thiophene rings is 1. The maximum absolute atomic E-state index is 12.6. The SMILES string of the molecule is CCOc1ccc(C(CNC(=O)c2ccsc2)c2c[nH]c3ccccc23)cc1OC. The second-order valence-corrected chi connectivity index (χ2v) is 7.69. The number of rotatable bonds is 8. The quantitative estimate of drug-likeness (QED) is 0.412. The van der Waals surface area contributed by atoms with Crippen LogP contribution in [0.3, 0.4) is 0 Å². The lowest BCUT2D eigenvalue weighted by molar-refractivity contribution is 0.0953. The van der Waals surface area contributed by atoms with E-state index in [1.165, 1.54) is 11.3 Å². The number of hydrogen-bond acceptors (Lipinski definition) is 4. The number of methoxy groups -OCH3 is 1. The molecule has 0 radical (unpaired) electrons. The van der Waals surface area contributed by atoms with Crippen molar-refractivity contribution in [1.82, 2.24) is 10.3 Å². The lowest BCUT2D eigenvalue weighted by atomic mass is 9.90. The van der Waals surface area contributed by atoms with E-state index in [9.17, 15) is 4.79 Å². The molecule has 0 aliphatic carbocycles. The van der Waals surface area contributed by atoms with Gasteiger partial charge in [-0.05, 0) is 47.7 Å². The van der Waals surface area contributed by atoms with Gasteiger partial charge < -0.3 is 19.8 Å². The normalized spacial score (nSPS) is 11.9. The summed E-state index contributed by atoms with van der Waals surface area (Å²) >= 11 is 1.51. The van der Waals surface area contributed by atoms with Crippen LogP contribution in [-0.4, -0.2) is 31.2 Å². The van der Waals surface area contributed by atoms with Gasteiger partial charge in [0.25, 0.3) is 5.91 Å². The zero-order valence-corrected chi connectivity index (χ0v) is 17.8. The Morgan fingerprint density at radius 2 is 2.03 bits per heavy atom. The summed E-state index contributed by atoms with van der Waals surface area (Å²) < 4.78 is 11.2. The van der Waals surface area contributed by atoms with Crippen LogP contribution < -0.4 is 14.8 Å². The Labute approximate surface area is 179 Å². The first-order valence-corrected chi connectivity index (χ1v) is 10.8. The molecule has 154 valence electrons. The van der Waals surface area contributed by atoms with Gasteiger partial charge in [-0.25, -0.2) is 0 Å². The van der Waals surface area contributed by atoms with Crippen molar-refractivity contribution in [3.8, 4) is 11.5 Å². The number of amides is 1. The number of nitrogens with one attached hydrogen (secondary N) is 2. The number of fused-ring (bicyclic) bond motifs is 1. The second kappa shape index (κ2) is 9.05. The summed E-state index contributed by atoms with van der Waals surface area (Å²) in [6.07, 6.45) is 2.02. The van der Waals surface area contributed by atoms with Crippen molar-refractivity contribution in [2.75, 3.05) is 20.3 Å². The number of aromatic nitrogens is 1. The predicted octanol–water partition coefficient (Wildman–Crippen LogP) is 5.20. The van der Waals surface area contributed by atoms with Gasteiger partial charge in [-0.2, -0.15) is 11.3 Å². The third kappa shape index (κ3) is 4.04. The Morgan fingerprint density at radius 1 is 1.17 bits per heavy atom. The average molecular weight is 421 g/mol. The highest BCUT2D eigenvalue weighted by Crippen LogP contribution is 2.35. The van der Waals surface area contributed by atoms with Crippen LogP contribution in [0, 0.1) is 0 Å². The minimum absolute atomic E-state index is 0.0479. The number of hydrogen-bond donors (Lipinski definition) is 2. The Morgan fingerprint density at radius 3 is 2.80 bits per heavy atom. The third-order valence-corrected chi connectivity index (χ3v) is 5.82. The standard InChI is InChI=1S/C24H24N2O3S/c1-3-29-22-9-8-16(12-23(22)28-2)19(13-26-24(27)17-10-11-30-15-17)20-14-25-21-7-5-4-6-18(20)21/h4-12,14-15,19,25H,3,13H2,1-2H3,(H,26,27). The van der Waals surface area contributed by atoms with Crippen molar-refractivity contribution in [3.05, 3.63) is 82.2 Å². The van der Waals surface area contributed by atoms with Crippen molar-refractivity contribution in [2.24, 2.45) is 0 Å². The highest BCUT2D eigenvalue weighted by molar-refractivity contribution is 7.08. The van der Waals surface area contributed by atoms with Gasteiger partial charge in [-0.15, -0.1) is 0 Å². The summed E-state index contributed by atoms with van der Waals surface area (Å²) in [7, 11) is 1.64. The van der Waals surface area contributed by atoms with Crippen LogP contribution in [-0.2, 0) is 0 Å². The fourth-order valence-corrected chi connectivity index (χ4v) is 4.29. The van der Waals surface area contributed by atoms with Crippen LogP contribution in [0.1, 0.15) is 34.3 Å². The molecule has 0 aliphatic heterocycles. The molecule has 0 aliphatic rings. The minimum atomic E-state index is -0.0704. The molecule has 0 saturated heterocycles. The summed E-state index contributed by atoms with van der Waals surface area (Å²) in [6, 6.07) is 16.0. The molecule has 2 N–H and O–H groups in total. The molecule has 1 atom stereocenters. The summed E-state index contributed by atoms with van der Waals surface area (Å²) in [5, 5.41) is 8.00. The van der Waals surface area contributed by atoms with Crippen molar-refractivity contribution in [2.45, 2.75) is 12.8 Å². The Hall–Kier alpha value is -3.25. The number of aromatic amines is 1. The van der Waals surface area contributed by atoms with E-state index in [1.807, 2.05) is 60.3 Å². The van der Waals surface area contributed by atoms with Crippen LogP contribution in [0.4, 0.5) is 0 Å². The topological polar surface area (TPSA) is 63.3 Å². The van der Waals surface area contributed by atoms with E-state index in [1.54, 1.807) is 7.11 Å². The fourth-order valence-electron chi connectivity index (χ4n) is 3.66. The van der Waals surface area contributed by atoms with Crippen molar-refractivity contribution < 1.29 is 14.3 Å². The molecule has 2 heterocycles. The lowest BCUT2D eigenvalue weighted by Crippen LogP contribution is -2.28. The average Bonchev–Trinajstić information content (AvgIpc) is 3.45. The highest BCUT2D eigenvalue weighted by Gasteiger charge is 2.21. The number of ether oxygens (including phenoxy) is 2. The summed E-state index contributed by atoms with van der Waals surface area (Å²) in [6.45, 7) is 2.98. The molecule has 1 amide bonds. The molecule has 0 fully saturated rings. The molecule has 0 bridgehead atoms. The van der Waals surface area contributed by atoms with E-state index in [4.69, 9.17) is 9.47 Å². The molecule has 5 nitrogen and oxygen atoms in total. The molecule has 1 unspecified atom stereocenters. The first kappa shape index (κ1) is 20.0. The first-order chi connectivity index (χ1) is 14.7. The second-order valence-electron chi connectivity index (χ2n) is 6.91. The predicted molar refractivity (Wildman–Crippen MR) is 121 cm³/mol. The molecule has 6 heteroatoms. The third-order valence-electron chi connectivity index (χ3n) is 5.14. The van der Waals surface area contributed by atoms with Gasteiger partial charge in [0.15, 0.2) is 11.5 Å². The smallest absolute Gasteiger partial charge is 0.252 e. The van der Waals surface area contributed by atoms with E-state index in [-0.39, 0.29) is 11.8 Å². The number of carbonyl (C=O) groups is 1. The van der Waals surface area contributed by atoms with Crippen LogP contribution >= 0.6 is 11.3 Å². The Bertz CT molecular complexity index is 1130. The van der Waals surface area contributed by atoms with Crippen LogP contribution in [0.15, 0.2) is 65.5 Å². The molecule has 2 aromatic carbocycles.